The van der Waals surface area contributed by atoms with Crippen LogP contribution in [0.15, 0.2) is 66.2 Å². The summed E-state index contributed by atoms with van der Waals surface area (Å²) in [7, 11) is 0. The Kier molecular flexibility index (Phi) is 4.70. The molecule has 0 atom stereocenters. The van der Waals surface area contributed by atoms with Gasteiger partial charge in [0.05, 0.1) is 24.4 Å². The van der Waals surface area contributed by atoms with E-state index in [0.29, 0.717) is 5.95 Å². The van der Waals surface area contributed by atoms with E-state index in [1.54, 1.807) is 0 Å². The molecule has 0 saturated heterocycles. The van der Waals surface area contributed by atoms with Crippen molar-refractivity contribution in [3.63, 3.8) is 0 Å². The third-order valence-electron chi connectivity index (χ3n) is 4.44. The number of nitrogens with one attached hydrogen (secondary N) is 1. The molecule has 0 radical (unpaired) electrons. The largest absolute Gasteiger partial charge is 0.377 e. The standard InChI is InChI=1S/C21H21N3O/c1-2-6-17(7-3-1)20-18-8-4-5-9-19(18)23-21(24-20)22-13-10-16-11-14-25-15-12-16/h1-9,11H,10,12-15H2,(H,22,23,24). The van der Waals surface area contributed by atoms with Crippen molar-refractivity contribution >= 4 is 16.9 Å². The lowest BCUT2D eigenvalue weighted by atomic mass is 10.1. The van der Waals surface area contributed by atoms with Crippen molar-refractivity contribution in [3.8, 4) is 11.3 Å². The summed E-state index contributed by atoms with van der Waals surface area (Å²) < 4.78 is 5.36. The second kappa shape index (κ2) is 7.45. The van der Waals surface area contributed by atoms with Gasteiger partial charge in [0.15, 0.2) is 0 Å². The number of fused-ring (bicyclic) bond motifs is 1. The van der Waals surface area contributed by atoms with Crippen LogP contribution in [-0.4, -0.2) is 29.7 Å². The highest BCUT2D eigenvalue weighted by molar-refractivity contribution is 5.93. The molecule has 4 nitrogen and oxygen atoms in total. The Bertz CT molecular complexity index is 890. The molecule has 0 bridgehead atoms. The summed E-state index contributed by atoms with van der Waals surface area (Å²) in [6.07, 6.45) is 4.21. The van der Waals surface area contributed by atoms with Crippen molar-refractivity contribution in [3.05, 3.63) is 66.2 Å². The number of benzene rings is 2. The maximum atomic E-state index is 5.36. The average Bonchev–Trinajstić information content (AvgIpc) is 2.69. The molecule has 1 aliphatic heterocycles. The van der Waals surface area contributed by atoms with Gasteiger partial charge in [-0.2, -0.15) is 0 Å². The summed E-state index contributed by atoms with van der Waals surface area (Å²) >= 11 is 0. The number of para-hydroxylation sites is 1. The molecule has 0 spiro atoms. The minimum atomic E-state index is 0.685. The molecule has 0 aliphatic carbocycles. The van der Waals surface area contributed by atoms with E-state index in [0.717, 1.165) is 54.8 Å². The summed E-state index contributed by atoms with van der Waals surface area (Å²) in [5, 5.41) is 4.47. The van der Waals surface area contributed by atoms with Crippen LogP contribution in [0.1, 0.15) is 12.8 Å². The van der Waals surface area contributed by atoms with Gasteiger partial charge in [-0.05, 0) is 18.9 Å². The molecule has 1 aromatic heterocycles. The van der Waals surface area contributed by atoms with Gasteiger partial charge in [-0.25, -0.2) is 9.97 Å². The Balaban J connectivity index is 1.60. The number of hydrogen-bond acceptors (Lipinski definition) is 4. The second-order valence-corrected chi connectivity index (χ2v) is 6.14. The average molecular weight is 331 g/mol. The molecule has 2 aromatic carbocycles. The van der Waals surface area contributed by atoms with Crippen LogP contribution in [0.3, 0.4) is 0 Å². The molecule has 0 fully saturated rings. The highest BCUT2D eigenvalue weighted by Crippen LogP contribution is 2.27. The molecule has 126 valence electrons. The highest BCUT2D eigenvalue weighted by atomic mass is 16.5. The highest BCUT2D eigenvalue weighted by Gasteiger charge is 2.10. The fourth-order valence-corrected chi connectivity index (χ4v) is 3.10. The number of hydrogen-bond donors (Lipinski definition) is 1. The molecule has 4 rings (SSSR count). The van der Waals surface area contributed by atoms with Crippen LogP contribution in [0.4, 0.5) is 5.95 Å². The first-order valence-corrected chi connectivity index (χ1v) is 8.72. The molecule has 0 amide bonds. The predicted octanol–water partition coefficient (Wildman–Crippen LogP) is 4.45. The SMILES string of the molecule is C1=C(CCNc2nc(-c3ccccc3)c3ccccc3n2)CCOC1. The van der Waals surface area contributed by atoms with Crippen molar-refractivity contribution in [2.75, 3.05) is 25.1 Å². The van der Waals surface area contributed by atoms with Gasteiger partial charge in [0.2, 0.25) is 5.95 Å². The van der Waals surface area contributed by atoms with E-state index >= 15 is 0 Å². The number of anilines is 1. The first-order valence-electron chi connectivity index (χ1n) is 8.72. The van der Waals surface area contributed by atoms with Gasteiger partial charge in [0, 0.05) is 17.5 Å². The van der Waals surface area contributed by atoms with Crippen LogP contribution >= 0.6 is 0 Å². The Morgan fingerprint density at radius 2 is 1.80 bits per heavy atom. The van der Waals surface area contributed by atoms with Gasteiger partial charge in [-0.15, -0.1) is 0 Å². The minimum absolute atomic E-state index is 0.685. The third kappa shape index (κ3) is 3.69. The van der Waals surface area contributed by atoms with Crippen LogP contribution < -0.4 is 5.32 Å². The molecule has 0 saturated carbocycles. The topological polar surface area (TPSA) is 47.0 Å². The molecular formula is C21H21N3O. The van der Waals surface area contributed by atoms with E-state index in [-0.39, 0.29) is 0 Å². The normalized spacial score (nSPS) is 14.3. The van der Waals surface area contributed by atoms with E-state index in [4.69, 9.17) is 9.72 Å². The first-order chi connectivity index (χ1) is 12.4. The van der Waals surface area contributed by atoms with Gasteiger partial charge >= 0.3 is 0 Å². The fraction of sp³-hybridized carbons (Fsp3) is 0.238. The Morgan fingerprint density at radius 3 is 2.64 bits per heavy atom. The quantitative estimate of drug-likeness (QED) is 0.702. The molecule has 2 heterocycles. The Labute approximate surface area is 147 Å². The minimum Gasteiger partial charge on any atom is -0.377 e. The van der Waals surface area contributed by atoms with Crippen molar-refractivity contribution in [1.29, 1.82) is 0 Å². The van der Waals surface area contributed by atoms with Gasteiger partial charge < -0.3 is 10.1 Å². The van der Waals surface area contributed by atoms with Crippen molar-refractivity contribution in [2.24, 2.45) is 0 Å². The van der Waals surface area contributed by atoms with Gasteiger partial charge in [0.1, 0.15) is 0 Å². The van der Waals surface area contributed by atoms with E-state index in [1.807, 2.05) is 36.4 Å². The molecule has 25 heavy (non-hydrogen) atoms. The summed E-state index contributed by atoms with van der Waals surface area (Å²) in [5.41, 5.74) is 4.49. The lowest BCUT2D eigenvalue weighted by Gasteiger charge is -2.14. The van der Waals surface area contributed by atoms with Crippen LogP contribution in [0.2, 0.25) is 0 Å². The monoisotopic (exact) mass is 331 g/mol. The van der Waals surface area contributed by atoms with Crippen molar-refractivity contribution < 1.29 is 4.74 Å². The number of rotatable bonds is 5. The molecule has 1 aliphatic rings. The maximum Gasteiger partial charge on any atom is 0.223 e. The smallest absolute Gasteiger partial charge is 0.223 e. The number of ether oxygens (including phenoxy) is 1. The summed E-state index contributed by atoms with van der Waals surface area (Å²) in [5.74, 6) is 0.685. The second-order valence-electron chi connectivity index (χ2n) is 6.14. The zero-order valence-electron chi connectivity index (χ0n) is 14.1. The Hall–Kier alpha value is -2.72. The number of nitrogens with zero attached hydrogens (tertiary/aromatic N) is 2. The summed E-state index contributed by atoms with van der Waals surface area (Å²) in [6, 6.07) is 18.4. The van der Waals surface area contributed by atoms with E-state index in [1.165, 1.54) is 5.57 Å². The van der Waals surface area contributed by atoms with Crippen LogP contribution in [0.25, 0.3) is 22.2 Å². The predicted molar refractivity (Wildman–Crippen MR) is 102 cm³/mol. The van der Waals surface area contributed by atoms with Crippen molar-refractivity contribution in [2.45, 2.75) is 12.8 Å². The van der Waals surface area contributed by atoms with E-state index < -0.39 is 0 Å². The van der Waals surface area contributed by atoms with Crippen LogP contribution in [0, 0.1) is 0 Å². The van der Waals surface area contributed by atoms with Gasteiger partial charge in [-0.3, -0.25) is 0 Å². The van der Waals surface area contributed by atoms with Gasteiger partial charge in [0.25, 0.3) is 0 Å². The van der Waals surface area contributed by atoms with E-state index in [9.17, 15) is 0 Å². The van der Waals surface area contributed by atoms with Crippen LogP contribution in [0.5, 0.6) is 0 Å². The first kappa shape index (κ1) is 15.8. The number of aromatic nitrogens is 2. The lowest BCUT2D eigenvalue weighted by molar-refractivity contribution is 0.153. The van der Waals surface area contributed by atoms with Gasteiger partial charge in [-0.1, -0.05) is 60.2 Å². The van der Waals surface area contributed by atoms with E-state index in [2.05, 4.69) is 34.6 Å². The summed E-state index contributed by atoms with van der Waals surface area (Å²) in [6.45, 7) is 2.40. The molecule has 4 heteroatoms. The van der Waals surface area contributed by atoms with Crippen molar-refractivity contribution in [1.82, 2.24) is 9.97 Å². The lowest BCUT2D eigenvalue weighted by Crippen LogP contribution is -2.10. The Morgan fingerprint density at radius 1 is 0.960 bits per heavy atom. The molecular weight excluding hydrogens is 310 g/mol. The maximum absolute atomic E-state index is 5.36. The third-order valence-corrected chi connectivity index (χ3v) is 4.44. The zero-order chi connectivity index (χ0) is 16.9. The zero-order valence-corrected chi connectivity index (χ0v) is 14.1. The fourth-order valence-electron chi connectivity index (χ4n) is 3.10. The molecule has 1 N–H and O–H groups in total. The van der Waals surface area contributed by atoms with Crippen LogP contribution in [-0.2, 0) is 4.74 Å². The summed E-state index contributed by atoms with van der Waals surface area (Å²) in [4.78, 5) is 9.47. The molecule has 3 aromatic rings. The molecule has 0 unspecified atom stereocenters.